The van der Waals surface area contributed by atoms with Crippen molar-refractivity contribution in [2.24, 2.45) is 0 Å². The van der Waals surface area contributed by atoms with Crippen LogP contribution in [0.1, 0.15) is 49.8 Å². The van der Waals surface area contributed by atoms with Gasteiger partial charge < -0.3 is 19.7 Å². The van der Waals surface area contributed by atoms with Gasteiger partial charge in [-0.1, -0.05) is 38.5 Å². The number of benzene rings is 2. The number of hydrogen-bond acceptors (Lipinski definition) is 4. The monoisotopic (exact) mass is 386 g/mol. The van der Waals surface area contributed by atoms with Crippen LogP contribution in [0.25, 0.3) is 0 Å². The van der Waals surface area contributed by atoms with E-state index >= 15 is 0 Å². The molecule has 0 aliphatic rings. The molecule has 5 heteroatoms. The molecule has 0 spiro atoms. The second kappa shape index (κ2) is 11.2. The first-order valence-electron chi connectivity index (χ1n) is 9.95. The highest BCUT2D eigenvalue weighted by Crippen LogP contribution is 2.28. The summed E-state index contributed by atoms with van der Waals surface area (Å²) in [4.78, 5) is 10.9. The van der Waals surface area contributed by atoms with Gasteiger partial charge in [0.2, 0.25) is 0 Å². The molecule has 2 rings (SSSR count). The average Bonchev–Trinajstić information content (AvgIpc) is 2.67. The Morgan fingerprint density at radius 3 is 2.18 bits per heavy atom. The van der Waals surface area contributed by atoms with E-state index in [-0.39, 0.29) is 12.2 Å². The Morgan fingerprint density at radius 2 is 1.57 bits per heavy atom. The molecule has 0 saturated carbocycles. The Morgan fingerprint density at radius 1 is 0.929 bits per heavy atom. The molecule has 0 aliphatic heterocycles. The number of phenolic OH excluding ortho intramolecular Hbond substituents is 1. The Balaban J connectivity index is 1.91. The van der Waals surface area contributed by atoms with Crippen molar-refractivity contribution in [2.45, 2.75) is 52.4 Å². The number of rotatable bonds is 12. The van der Waals surface area contributed by atoms with Crippen molar-refractivity contribution in [3.63, 3.8) is 0 Å². The quantitative estimate of drug-likeness (QED) is 0.514. The molecule has 2 N–H and O–H groups in total. The van der Waals surface area contributed by atoms with Crippen molar-refractivity contribution in [1.29, 1.82) is 0 Å². The summed E-state index contributed by atoms with van der Waals surface area (Å²) < 4.78 is 11.8. The van der Waals surface area contributed by atoms with E-state index in [2.05, 4.69) is 6.92 Å². The lowest BCUT2D eigenvalue weighted by atomic mass is 9.98. The molecule has 0 heterocycles. The molecule has 152 valence electrons. The van der Waals surface area contributed by atoms with Crippen LogP contribution in [0, 0.1) is 0 Å². The second-order valence-corrected chi connectivity index (χ2v) is 6.70. The fraction of sp³-hybridized carbons (Fsp3) is 0.435. The van der Waals surface area contributed by atoms with E-state index in [0.717, 1.165) is 35.3 Å². The summed E-state index contributed by atoms with van der Waals surface area (Å²) in [5.74, 6) is 1.02. The molecule has 28 heavy (non-hydrogen) atoms. The second-order valence-electron chi connectivity index (χ2n) is 6.70. The van der Waals surface area contributed by atoms with E-state index < -0.39 is 5.97 Å². The van der Waals surface area contributed by atoms with Crippen LogP contribution in [0.4, 0.5) is 0 Å². The molecule has 0 saturated heterocycles. The Kier molecular flexibility index (Phi) is 8.66. The maximum Gasteiger partial charge on any atom is 0.303 e. The molecule has 0 fully saturated rings. The molecule has 0 radical (unpaired) electrons. The van der Waals surface area contributed by atoms with Crippen LogP contribution >= 0.6 is 0 Å². The van der Waals surface area contributed by atoms with Gasteiger partial charge in [-0.05, 0) is 48.6 Å². The summed E-state index contributed by atoms with van der Waals surface area (Å²) in [6.07, 6.45) is 3.90. The summed E-state index contributed by atoms with van der Waals surface area (Å²) in [5.41, 5.74) is 2.97. The van der Waals surface area contributed by atoms with Crippen molar-refractivity contribution < 1.29 is 24.5 Å². The van der Waals surface area contributed by atoms with Gasteiger partial charge in [-0.25, -0.2) is 0 Å². The molecule has 0 aliphatic carbocycles. The summed E-state index contributed by atoms with van der Waals surface area (Å²) in [6.45, 7) is 5.10. The smallest absolute Gasteiger partial charge is 0.303 e. The van der Waals surface area contributed by atoms with Gasteiger partial charge in [0.1, 0.15) is 17.2 Å². The fourth-order valence-electron chi connectivity index (χ4n) is 3.22. The van der Waals surface area contributed by atoms with Crippen LogP contribution in [0.15, 0.2) is 36.4 Å². The summed E-state index contributed by atoms with van der Waals surface area (Å²) in [6, 6.07) is 11.2. The van der Waals surface area contributed by atoms with Crippen molar-refractivity contribution in [3.8, 4) is 17.2 Å². The van der Waals surface area contributed by atoms with Gasteiger partial charge in [0.05, 0.1) is 13.2 Å². The van der Waals surface area contributed by atoms with Crippen molar-refractivity contribution in [3.05, 3.63) is 53.1 Å². The summed E-state index contributed by atoms with van der Waals surface area (Å²) >= 11 is 0. The van der Waals surface area contributed by atoms with E-state index in [1.165, 1.54) is 0 Å². The van der Waals surface area contributed by atoms with Gasteiger partial charge in [-0.3, -0.25) is 4.79 Å². The SMILES string of the molecule is CCCc1c(CCC(=O)O)cccc1OCCCOc1cccc(O)c1CC. The zero-order valence-electron chi connectivity index (χ0n) is 16.7. The predicted octanol–water partition coefficient (Wildman–Crippen LogP) is 4.77. The minimum absolute atomic E-state index is 0.123. The third kappa shape index (κ3) is 6.19. The normalized spacial score (nSPS) is 10.6. The van der Waals surface area contributed by atoms with Crippen LogP contribution < -0.4 is 9.47 Å². The fourth-order valence-corrected chi connectivity index (χ4v) is 3.22. The first-order chi connectivity index (χ1) is 13.6. The lowest BCUT2D eigenvalue weighted by Gasteiger charge is -2.16. The first kappa shape index (κ1) is 21.6. The molecule has 2 aromatic rings. The average molecular weight is 386 g/mol. The highest BCUT2D eigenvalue weighted by atomic mass is 16.5. The Bertz CT molecular complexity index is 770. The lowest BCUT2D eigenvalue weighted by Crippen LogP contribution is -2.08. The van der Waals surface area contributed by atoms with Crippen LogP contribution in [0.5, 0.6) is 17.2 Å². The zero-order valence-corrected chi connectivity index (χ0v) is 16.7. The number of aryl methyl sites for hydroxylation is 1. The standard InChI is InChI=1S/C23H30O5/c1-3-8-19-17(13-14-23(25)26)9-5-11-22(19)28-16-7-15-27-21-12-6-10-20(24)18(21)4-2/h5-6,9-12,24H,3-4,7-8,13-16H2,1-2H3,(H,25,26). The van der Waals surface area contributed by atoms with Crippen LogP contribution in [0.3, 0.4) is 0 Å². The van der Waals surface area contributed by atoms with E-state index in [4.69, 9.17) is 14.6 Å². The molecular formula is C23H30O5. The predicted molar refractivity (Wildman–Crippen MR) is 109 cm³/mol. The number of carbonyl (C=O) groups is 1. The van der Waals surface area contributed by atoms with Gasteiger partial charge in [-0.2, -0.15) is 0 Å². The largest absolute Gasteiger partial charge is 0.508 e. The summed E-state index contributed by atoms with van der Waals surface area (Å²) in [7, 11) is 0. The summed E-state index contributed by atoms with van der Waals surface area (Å²) in [5, 5.41) is 18.8. The van der Waals surface area contributed by atoms with Crippen molar-refractivity contribution in [1.82, 2.24) is 0 Å². The number of hydrogen-bond donors (Lipinski definition) is 2. The maximum atomic E-state index is 10.9. The molecule has 0 amide bonds. The molecule has 0 bridgehead atoms. The molecule has 2 aromatic carbocycles. The molecule has 0 aromatic heterocycles. The number of phenols is 1. The van der Waals surface area contributed by atoms with Crippen molar-refractivity contribution in [2.75, 3.05) is 13.2 Å². The number of aliphatic carboxylic acids is 1. The van der Waals surface area contributed by atoms with Gasteiger partial charge in [-0.15, -0.1) is 0 Å². The molecule has 0 unspecified atom stereocenters. The topological polar surface area (TPSA) is 76.0 Å². The first-order valence-corrected chi connectivity index (χ1v) is 9.95. The van der Waals surface area contributed by atoms with Gasteiger partial charge in [0.25, 0.3) is 0 Å². The van der Waals surface area contributed by atoms with E-state index in [9.17, 15) is 9.90 Å². The lowest BCUT2D eigenvalue weighted by molar-refractivity contribution is -0.136. The van der Waals surface area contributed by atoms with E-state index in [1.54, 1.807) is 12.1 Å². The highest BCUT2D eigenvalue weighted by Gasteiger charge is 2.11. The third-order valence-corrected chi connectivity index (χ3v) is 4.60. The minimum Gasteiger partial charge on any atom is -0.508 e. The van der Waals surface area contributed by atoms with Gasteiger partial charge in [0, 0.05) is 18.4 Å². The van der Waals surface area contributed by atoms with Gasteiger partial charge >= 0.3 is 5.97 Å². The van der Waals surface area contributed by atoms with E-state index in [0.29, 0.717) is 38.2 Å². The number of carboxylic acid groups (broad SMARTS) is 1. The Hall–Kier alpha value is -2.69. The van der Waals surface area contributed by atoms with Crippen LogP contribution in [-0.4, -0.2) is 29.4 Å². The third-order valence-electron chi connectivity index (χ3n) is 4.60. The highest BCUT2D eigenvalue weighted by molar-refractivity contribution is 5.67. The van der Waals surface area contributed by atoms with Crippen LogP contribution in [0.2, 0.25) is 0 Å². The molecule has 0 atom stereocenters. The number of aromatic hydroxyl groups is 1. The minimum atomic E-state index is -0.788. The molecular weight excluding hydrogens is 356 g/mol. The maximum absolute atomic E-state index is 10.9. The number of ether oxygens (including phenoxy) is 2. The van der Waals surface area contributed by atoms with Gasteiger partial charge in [0.15, 0.2) is 0 Å². The van der Waals surface area contributed by atoms with Crippen molar-refractivity contribution >= 4 is 5.97 Å². The van der Waals surface area contributed by atoms with E-state index in [1.807, 2.05) is 31.2 Å². The molecule has 5 nitrogen and oxygen atoms in total. The zero-order chi connectivity index (χ0) is 20.4. The Labute approximate surface area is 166 Å². The number of carboxylic acids is 1. The van der Waals surface area contributed by atoms with Crippen LogP contribution in [-0.2, 0) is 24.1 Å².